The fraction of sp³-hybridized carbons (Fsp3) is 0.750. The molecule has 4 nitrogen and oxygen atoms in total. The van der Waals surface area contributed by atoms with Crippen molar-refractivity contribution in [2.24, 2.45) is 11.8 Å². The first kappa shape index (κ1) is 10.9. The number of carboxylic acids is 1. The summed E-state index contributed by atoms with van der Waals surface area (Å²) in [6.45, 7) is 3.94. The highest BCUT2D eigenvalue weighted by Crippen LogP contribution is 2.11. The fourth-order valence-corrected chi connectivity index (χ4v) is 0.927. The maximum Gasteiger partial charge on any atom is 0.308 e. The number of nitrogens with zero attached hydrogens (tertiary/aromatic N) is 1. The van der Waals surface area contributed by atoms with Crippen LogP contribution in [0, 0.1) is 11.8 Å². The molecule has 0 aliphatic rings. The molecule has 4 heteroatoms. The number of carbonyl (C=O) groups excluding carboxylic acids is 1. The number of aliphatic carboxylic acids is 1. The second-order valence-corrected chi connectivity index (χ2v) is 3.23. The Morgan fingerprint density at radius 3 is 2.33 bits per heavy atom. The minimum Gasteiger partial charge on any atom is -0.481 e. The second-order valence-electron chi connectivity index (χ2n) is 3.23. The van der Waals surface area contributed by atoms with Crippen LogP contribution in [0.15, 0.2) is 0 Å². The molecule has 0 spiro atoms. The quantitative estimate of drug-likeness (QED) is 0.613. The van der Waals surface area contributed by atoms with E-state index in [0.29, 0.717) is 6.41 Å². The van der Waals surface area contributed by atoms with Crippen LogP contribution in [-0.2, 0) is 9.59 Å². The van der Waals surface area contributed by atoms with Gasteiger partial charge in [-0.15, -0.1) is 0 Å². The average Bonchev–Trinajstić information content (AvgIpc) is 1.98. The molecule has 0 bridgehead atoms. The molecule has 0 heterocycles. The van der Waals surface area contributed by atoms with Crippen LogP contribution in [0.25, 0.3) is 0 Å². The van der Waals surface area contributed by atoms with E-state index in [2.05, 4.69) is 0 Å². The Morgan fingerprint density at radius 1 is 1.58 bits per heavy atom. The van der Waals surface area contributed by atoms with Gasteiger partial charge in [0, 0.05) is 13.6 Å². The van der Waals surface area contributed by atoms with Crippen LogP contribution in [0.4, 0.5) is 0 Å². The lowest BCUT2D eigenvalue weighted by atomic mass is 9.96. The molecule has 0 aromatic rings. The third-order valence-electron chi connectivity index (χ3n) is 1.79. The standard InChI is InChI=1S/C8H15NO3/c1-6(2)7(8(11)12)4-9(3)5-10/h5-7H,4H2,1-3H3,(H,11,12)/t7-/m1/s1. The van der Waals surface area contributed by atoms with Gasteiger partial charge in [-0.25, -0.2) is 0 Å². The maximum absolute atomic E-state index is 10.6. The average molecular weight is 173 g/mol. The van der Waals surface area contributed by atoms with Gasteiger partial charge < -0.3 is 10.0 Å². The summed E-state index contributed by atoms with van der Waals surface area (Å²) in [5, 5.41) is 8.75. The van der Waals surface area contributed by atoms with Gasteiger partial charge in [-0.1, -0.05) is 13.8 Å². The van der Waals surface area contributed by atoms with Crippen molar-refractivity contribution in [2.45, 2.75) is 13.8 Å². The van der Waals surface area contributed by atoms with Crippen molar-refractivity contribution < 1.29 is 14.7 Å². The smallest absolute Gasteiger partial charge is 0.308 e. The highest BCUT2D eigenvalue weighted by Gasteiger charge is 2.22. The Balaban J connectivity index is 4.13. The van der Waals surface area contributed by atoms with E-state index < -0.39 is 11.9 Å². The molecule has 0 rings (SSSR count). The normalized spacial score (nSPS) is 12.7. The van der Waals surface area contributed by atoms with E-state index in [-0.39, 0.29) is 12.5 Å². The number of hydrogen-bond donors (Lipinski definition) is 1. The minimum atomic E-state index is -0.848. The molecular weight excluding hydrogens is 158 g/mol. The lowest BCUT2D eigenvalue weighted by molar-refractivity contribution is -0.144. The molecule has 0 radical (unpaired) electrons. The van der Waals surface area contributed by atoms with E-state index in [1.54, 1.807) is 7.05 Å². The van der Waals surface area contributed by atoms with Crippen molar-refractivity contribution in [1.82, 2.24) is 4.90 Å². The number of carbonyl (C=O) groups is 2. The third-order valence-corrected chi connectivity index (χ3v) is 1.79. The highest BCUT2D eigenvalue weighted by atomic mass is 16.4. The van der Waals surface area contributed by atoms with Gasteiger partial charge in [0.15, 0.2) is 0 Å². The van der Waals surface area contributed by atoms with E-state index in [1.165, 1.54) is 4.90 Å². The van der Waals surface area contributed by atoms with Crippen LogP contribution in [-0.4, -0.2) is 36.0 Å². The molecule has 1 atom stereocenters. The maximum atomic E-state index is 10.6. The number of amides is 1. The van der Waals surface area contributed by atoms with Crippen molar-refractivity contribution in [3.05, 3.63) is 0 Å². The lowest BCUT2D eigenvalue weighted by Crippen LogP contribution is -2.32. The molecule has 1 N–H and O–H groups in total. The van der Waals surface area contributed by atoms with Crippen LogP contribution in [0.3, 0.4) is 0 Å². The van der Waals surface area contributed by atoms with Gasteiger partial charge in [0.05, 0.1) is 5.92 Å². The van der Waals surface area contributed by atoms with Gasteiger partial charge in [-0.3, -0.25) is 9.59 Å². The zero-order chi connectivity index (χ0) is 9.72. The number of hydrogen-bond acceptors (Lipinski definition) is 2. The minimum absolute atomic E-state index is 0.0462. The van der Waals surface area contributed by atoms with Gasteiger partial charge in [0.1, 0.15) is 0 Å². The first-order chi connectivity index (χ1) is 5.49. The van der Waals surface area contributed by atoms with Crippen molar-refractivity contribution in [1.29, 1.82) is 0 Å². The van der Waals surface area contributed by atoms with E-state index in [0.717, 1.165) is 0 Å². The fourth-order valence-electron chi connectivity index (χ4n) is 0.927. The highest BCUT2D eigenvalue weighted by molar-refractivity contribution is 5.71. The van der Waals surface area contributed by atoms with Gasteiger partial charge >= 0.3 is 5.97 Å². The summed E-state index contributed by atoms with van der Waals surface area (Å²) in [6, 6.07) is 0. The van der Waals surface area contributed by atoms with Crippen molar-refractivity contribution >= 4 is 12.4 Å². The Bertz CT molecular complexity index is 168. The molecule has 12 heavy (non-hydrogen) atoms. The predicted molar refractivity (Wildman–Crippen MR) is 44.7 cm³/mol. The van der Waals surface area contributed by atoms with E-state index in [1.807, 2.05) is 13.8 Å². The first-order valence-electron chi connectivity index (χ1n) is 3.87. The first-order valence-corrected chi connectivity index (χ1v) is 3.87. The van der Waals surface area contributed by atoms with Gasteiger partial charge in [0.25, 0.3) is 0 Å². The molecule has 0 aliphatic heterocycles. The van der Waals surface area contributed by atoms with E-state index in [4.69, 9.17) is 5.11 Å². The van der Waals surface area contributed by atoms with Gasteiger partial charge in [0.2, 0.25) is 6.41 Å². The summed E-state index contributed by atoms with van der Waals surface area (Å²) < 4.78 is 0. The molecule has 0 aromatic carbocycles. The molecule has 0 saturated carbocycles. The Labute approximate surface area is 72.2 Å². The number of carboxylic acid groups (broad SMARTS) is 1. The molecule has 0 saturated heterocycles. The van der Waals surface area contributed by atoms with Crippen LogP contribution < -0.4 is 0 Å². The largest absolute Gasteiger partial charge is 0.481 e. The molecule has 0 unspecified atom stereocenters. The molecule has 0 aliphatic carbocycles. The Hall–Kier alpha value is -1.06. The van der Waals surface area contributed by atoms with Crippen LogP contribution in [0.2, 0.25) is 0 Å². The van der Waals surface area contributed by atoms with Crippen LogP contribution in [0.1, 0.15) is 13.8 Å². The van der Waals surface area contributed by atoms with E-state index >= 15 is 0 Å². The molecule has 1 amide bonds. The van der Waals surface area contributed by atoms with Gasteiger partial charge in [-0.2, -0.15) is 0 Å². The van der Waals surface area contributed by atoms with Gasteiger partial charge in [-0.05, 0) is 5.92 Å². The zero-order valence-corrected chi connectivity index (χ0v) is 7.65. The summed E-state index contributed by atoms with van der Waals surface area (Å²) in [5.74, 6) is -1.27. The summed E-state index contributed by atoms with van der Waals surface area (Å²) in [7, 11) is 1.57. The Morgan fingerprint density at radius 2 is 2.08 bits per heavy atom. The second kappa shape index (κ2) is 4.74. The van der Waals surface area contributed by atoms with Crippen molar-refractivity contribution in [2.75, 3.05) is 13.6 Å². The molecule has 70 valence electrons. The lowest BCUT2D eigenvalue weighted by Gasteiger charge is -2.20. The summed E-state index contributed by atoms with van der Waals surface area (Å²) in [4.78, 5) is 22.2. The van der Waals surface area contributed by atoms with Crippen molar-refractivity contribution in [3.63, 3.8) is 0 Å². The van der Waals surface area contributed by atoms with E-state index in [9.17, 15) is 9.59 Å². The number of rotatable bonds is 5. The third kappa shape index (κ3) is 3.37. The summed E-state index contributed by atoms with van der Waals surface area (Å²) >= 11 is 0. The topological polar surface area (TPSA) is 57.6 Å². The SMILES string of the molecule is CC(C)[C@@H](CN(C)C=O)C(=O)O. The summed E-state index contributed by atoms with van der Waals surface area (Å²) in [6.07, 6.45) is 0.637. The molecular formula is C8H15NO3. The zero-order valence-electron chi connectivity index (χ0n) is 7.65. The van der Waals surface area contributed by atoms with Crippen LogP contribution >= 0.6 is 0 Å². The van der Waals surface area contributed by atoms with Crippen molar-refractivity contribution in [3.8, 4) is 0 Å². The predicted octanol–water partition coefficient (Wildman–Crippen LogP) is 0.431. The Kier molecular flexibility index (Phi) is 4.33. The van der Waals surface area contributed by atoms with Crippen LogP contribution in [0.5, 0.6) is 0 Å². The molecule has 0 fully saturated rings. The monoisotopic (exact) mass is 173 g/mol. The summed E-state index contributed by atoms with van der Waals surface area (Å²) in [5.41, 5.74) is 0. The molecule has 0 aromatic heterocycles.